The van der Waals surface area contributed by atoms with Gasteiger partial charge >= 0.3 is 5.97 Å². The van der Waals surface area contributed by atoms with E-state index in [1.807, 2.05) is 0 Å². The summed E-state index contributed by atoms with van der Waals surface area (Å²) in [7, 11) is 0. The Morgan fingerprint density at radius 3 is 2.45 bits per heavy atom. The average Bonchev–Trinajstić information content (AvgIpc) is 2.41. The third-order valence-corrected chi connectivity index (χ3v) is 3.39. The van der Waals surface area contributed by atoms with Crippen molar-refractivity contribution in [3.63, 3.8) is 0 Å². The number of phenols is 1. The molecule has 5 nitrogen and oxygen atoms in total. The predicted octanol–water partition coefficient (Wildman–Crippen LogP) is 3.58. The molecule has 7 heteroatoms. The van der Waals surface area contributed by atoms with Crippen LogP contribution in [-0.4, -0.2) is 22.1 Å². The molecule has 2 rings (SSSR count). The van der Waals surface area contributed by atoms with Crippen LogP contribution >= 0.6 is 23.2 Å². The maximum Gasteiger partial charge on any atom is 0.307 e. The van der Waals surface area contributed by atoms with Gasteiger partial charge in [0.25, 0.3) is 5.91 Å². The molecule has 0 heterocycles. The molecule has 0 aliphatic rings. The lowest BCUT2D eigenvalue weighted by Crippen LogP contribution is -2.13. The second-order valence-electron chi connectivity index (χ2n) is 4.50. The number of carboxylic acids is 1. The first-order chi connectivity index (χ1) is 10.4. The molecule has 0 aromatic heterocycles. The van der Waals surface area contributed by atoms with Crippen LogP contribution in [-0.2, 0) is 11.2 Å². The molecule has 0 radical (unpaired) electrons. The summed E-state index contributed by atoms with van der Waals surface area (Å²) in [5.74, 6) is -1.72. The number of anilines is 1. The first-order valence-corrected chi connectivity index (χ1v) is 6.92. The van der Waals surface area contributed by atoms with E-state index >= 15 is 0 Å². The van der Waals surface area contributed by atoms with E-state index in [0.29, 0.717) is 10.6 Å². The zero-order valence-electron chi connectivity index (χ0n) is 11.1. The number of hydrogen-bond acceptors (Lipinski definition) is 3. The highest BCUT2D eigenvalue weighted by Gasteiger charge is 2.14. The monoisotopic (exact) mass is 339 g/mol. The topological polar surface area (TPSA) is 86.6 Å². The minimum absolute atomic E-state index is 0.106. The molecule has 1 amide bonds. The largest absolute Gasteiger partial charge is 0.506 e. The molecular weight excluding hydrogens is 329 g/mol. The number of benzene rings is 2. The van der Waals surface area contributed by atoms with Crippen LogP contribution in [0.15, 0.2) is 36.4 Å². The smallest absolute Gasteiger partial charge is 0.307 e. The number of halogens is 2. The number of rotatable bonds is 4. The molecule has 2 aromatic rings. The second kappa shape index (κ2) is 6.68. The third-order valence-electron chi connectivity index (χ3n) is 2.84. The Morgan fingerprint density at radius 2 is 1.82 bits per heavy atom. The quantitative estimate of drug-likeness (QED) is 0.743. The molecular formula is C15H11Cl2NO4. The molecule has 2 aromatic carbocycles. The number of aliphatic carboxylic acids is 1. The molecule has 22 heavy (non-hydrogen) atoms. The van der Waals surface area contributed by atoms with Gasteiger partial charge in [0.1, 0.15) is 5.75 Å². The second-order valence-corrected chi connectivity index (χ2v) is 5.34. The zero-order chi connectivity index (χ0) is 16.3. The van der Waals surface area contributed by atoms with Gasteiger partial charge in [-0.2, -0.15) is 0 Å². The standard InChI is InChI=1S/C15H11Cl2NO4/c16-9-2-3-10(11(17)7-9)15(22)18-12-5-8(6-14(20)21)1-4-13(12)19/h1-5,7,19H,6H2,(H,18,22)(H,20,21). The van der Waals surface area contributed by atoms with Crippen LogP contribution < -0.4 is 5.32 Å². The SMILES string of the molecule is O=C(O)Cc1ccc(O)c(NC(=O)c2ccc(Cl)cc2Cl)c1. The predicted molar refractivity (Wildman–Crippen MR) is 83.9 cm³/mol. The fraction of sp³-hybridized carbons (Fsp3) is 0.0667. The van der Waals surface area contributed by atoms with Crippen LogP contribution in [0.2, 0.25) is 10.0 Å². The number of hydrogen-bond donors (Lipinski definition) is 3. The van der Waals surface area contributed by atoms with Crippen LogP contribution in [0.4, 0.5) is 5.69 Å². The van der Waals surface area contributed by atoms with Crippen molar-refractivity contribution in [1.82, 2.24) is 0 Å². The van der Waals surface area contributed by atoms with Crippen molar-refractivity contribution in [2.45, 2.75) is 6.42 Å². The fourth-order valence-corrected chi connectivity index (χ4v) is 2.33. The molecule has 0 unspecified atom stereocenters. The normalized spacial score (nSPS) is 10.3. The lowest BCUT2D eigenvalue weighted by atomic mass is 10.1. The Labute approximate surface area is 136 Å². The van der Waals surface area contributed by atoms with Crippen LogP contribution in [0.5, 0.6) is 5.75 Å². The van der Waals surface area contributed by atoms with Crippen molar-refractivity contribution in [2.75, 3.05) is 5.32 Å². The maximum atomic E-state index is 12.2. The summed E-state index contributed by atoms with van der Waals surface area (Å²) in [5.41, 5.74) is 0.742. The number of nitrogens with one attached hydrogen (secondary N) is 1. The minimum atomic E-state index is -1.01. The summed E-state index contributed by atoms with van der Waals surface area (Å²) >= 11 is 11.7. The molecule has 0 saturated heterocycles. The molecule has 0 fully saturated rings. The molecule has 0 atom stereocenters. The van der Waals surface area contributed by atoms with Gasteiger partial charge in [0.15, 0.2) is 0 Å². The van der Waals surface area contributed by atoms with E-state index in [9.17, 15) is 14.7 Å². The van der Waals surface area contributed by atoms with Crippen molar-refractivity contribution >= 4 is 40.8 Å². The van der Waals surface area contributed by atoms with Crippen molar-refractivity contribution in [3.8, 4) is 5.75 Å². The molecule has 0 spiro atoms. The molecule has 0 aliphatic heterocycles. The lowest BCUT2D eigenvalue weighted by Gasteiger charge is -2.10. The van der Waals surface area contributed by atoms with Gasteiger partial charge in [-0.15, -0.1) is 0 Å². The van der Waals surface area contributed by atoms with Gasteiger partial charge in [-0.05, 0) is 35.9 Å². The first kappa shape index (κ1) is 16.1. The van der Waals surface area contributed by atoms with E-state index in [-0.39, 0.29) is 28.4 Å². The molecule has 114 valence electrons. The number of phenolic OH excluding ortho intramolecular Hbond substituents is 1. The summed E-state index contributed by atoms with van der Waals surface area (Å²) in [6, 6.07) is 8.58. The maximum absolute atomic E-state index is 12.2. The van der Waals surface area contributed by atoms with E-state index in [1.54, 1.807) is 0 Å². The van der Waals surface area contributed by atoms with Crippen LogP contribution in [0, 0.1) is 0 Å². The van der Waals surface area contributed by atoms with Gasteiger partial charge < -0.3 is 15.5 Å². The Kier molecular flexibility index (Phi) is 4.90. The number of aromatic hydroxyl groups is 1. The highest BCUT2D eigenvalue weighted by Crippen LogP contribution is 2.27. The molecule has 0 aliphatic carbocycles. The summed E-state index contributed by atoms with van der Waals surface area (Å²) in [5, 5.41) is 21.6. The van der Waals surface area contributed by atoms with Crippen molar-refractivity contribution in [3.05, 3.63) is 57.6 Å². The van der Waals surface area contributed by atoms with Gasteiger partial charge in [0, 0.05) is 5.02 Å². The summed E-state index contributed by atoms with van der Waals surface area (Å²) < 4.78 is 0. The van der Waals surface area contributed by atoms with E-state index in [0.717, 1.165) is 0 Å². The number of carbonyl (C=O) groups excluding carboxylic acids is 1. The summed E-state index contributed by atoms with van der Waals surface area (Å²) in [4.78, 5) is 22.9. The number of carbonyl (C=O) groups is 2. The Morgan fingerprint density at radius 1 is 1.09 bits per heavy atom. The first-order valence-electron chi connectivity index (χ1n) is 6.17. The fourth-order valence-electron chi connectivity index (χ4n) is 1.83. The number of amides is 1. The highest BCUT2D eigenvalue weighted by molar-refractivity contribution is 6.37. The average molecular weight is 340 g/mol. The van der Waals surface area contributed by atoms with Crippen molar-refractivity contribution in [2.24, 2.45) is 0 Å². The zero-order valence-corrected chi connectivity index (χ0v) is 12.6. The van der Waals surface area contributed by atoms with Crippen molar-refractivity contribution < 1.29 is 19.8 Å². The van der Waals surface area contributed by atoms with Gasteiger partial charge in [-0.1, -0.05) is 29.3 Å². The summed E-state index contributed by atoms with van der Waals surface area (Å²) in [6.07, 6.45) is -0.217. The van der Waals surface area contributed by atoms with Gasteiger partial charge in [0.05, 0.1) is 22.7 Å². The van der Waals surface area contributed by atoms with Gasteiger partial charge in [0.2, 0.25) is 0 Å². The van der Waals surface area contributed by atoms with Crippen LogP contribution in [0.25, 0.3) is 0 Å². The van der Waals surface area contributed by atoms with E-state index in [4.69, 9.17) is 28.3 Å². The van der Waals surface area contributed by atoms with Crippen LogP contribution in [0.1, 0.15) is 15.9 Å². The molecule has 0 saturated carbocycles. The van der Waals surface area contributed by atoms with Gasteiger partial charge in [-0.25, -0.2) is 0 Å². The van der Waals surface area contributed by atoms with E-state index in [2.05, 4.69) is 5.32 Å². The van der Waals surface area contributed by atoms with Crippen molar-refractivity contribution in [1.29, 1.82) is 0 Å². The Bertz CT molecular complexity index is 746. The highest BCUT2D eigenvalue weighted by atomic mass is 35.5. The molecule has 3 N–H and O–H groups in total. The summed E-state index contributed by atoms with van der Waals surface area (Å²) in [6.45, 7) is 0. The molecule has 0 bridgehead atoms. The van der Waals surface area contributed by atoms with Gasteiger partial charge in [-0.3, -0.25) is 9.59 Å². The Hall–Kier alpha value is -2.24. The third kappa shape index (κ3) is 3.90. The Balaban J connectivity index is 2.25. The van der Waals surface area contributed by atoms with Crippen LogP contribution in [0.3, 0.4) is 0 Å². The minimum Gasteiger partial charge on any atom is -0.506 e. The number of carboxylic acid groups (broad SMARTS) is 1. The van der Waals surface area contributed by atoms with E-state index < -0.39 is 11.9 Å². The lowest BCUT2D eigenvalue weighted by molar-refractivity contribution is -0.136. The van der Waals surface area contributed by atoms with E-state index in [1.165, 1.54) is 36.4 Å².